The van der Waals surface area contributed by atoms with E-state index in [9.17, 15) is 4.79 Å². The first kappa shape index (κ1) is 17.2. The SMILES string of the molecule is CC(C)C[C@H](CN)CC(=O)N[C@H](C)c1ccccc1Br. The van der Waals surface area contributed by atoms with Crippen LogP contribution < -0.4 is 11.1 Å². The largest absolute Gasteiger partial charge is 0.350 e. The average molecular weight is 341 g/mol. The summed E-state index contributed by atoms with van der Waals surface area (Å²) in [6.07, 6.45) is 1.50. The van der Waals surface area contributed by atoms with Crippen molar-refractivity contribution in [2.24, 2.45) is 17.6 Å². The van der Waals surface area contributed by atoms with Gasteiger partial charge in [0.1, 0.15) is 0 Å². The Bertz CT molecular complexity index is 434. The lowest BCUT2D eigenvalue weighted by Crippen LogP contribution is -2.31. The predicted molar refractivity (Wildman–Crippen MR) is 87.3 cm³/mol. The highest BCUT2D eigenvalue weighted by molar-refractivity contribution is 9.10. The van der Waals surface area contributed by atoms with Crippen LogP contribution in [0.25, 0.3) is 0 Å². The van der Waals surface area contributed by atoms with Crippen molar-refractivity contribution in [3.8, 4) is 0 Å². The van der Waals surface area contributed by atoms with Gasteiger partial charge in [0.25, 0.3) is 0 Å². The van der Waals surface area contributed by atoms with Crippen molar-refractivity contribution in [2.45, 2.75) is 39.7 Å². The highest BCUT2D eigenvalue weighted by Gasteiger charge is 2.17. The van der Waals surface area contributed by atoms with E-state index >= 15 is 0 Å². The molecule has 1 aromatic carbocycles. The summed E-state index contributed by atoms with van der Waals surface area (Å²) in [6, 6.07) is 7.94. The van der Waals surface area contributed by atoms with Gasteiger partial charge < -0.3 is 11.1 Å². The summed E-state index contributed by atoms with van der Waals surface area (Å²) < 4.78 is 1.02. The third-order valence-corrected chi connectivity index (χ3v) is 4.08. The van der Waals surface area contributed by atoms with E-state index in [1.165, 1.54) is 0 Å². The molecule has 0 bridgehead atoms. The minimum atomic E-state index is -0.00412. The summed E-state index contributed by atoms with van der Waals surface area (Å²) in [6.45, 7) is 6.88. The highest BCUT2D eigenvalue weighted by Crippen LogP contribution is 2.23. The number of nitrogens with two attached hydrogens (primary N) is 1. The van der Waals surface area contributed by atoms with Gasteiger partial charge in [-0.15, -0.1) is 0 Å². The molecule has 20 heavy (non-hydrogen) atoms. The Morgan fingerprint density at radius 1 is 1.30 bits per heavy atom. The third kappa shape index (κ3) is 5.63. The number of hydrogen-bond acceptors (Lipinski definition) is 2. The van der Waals surface area contributed by atoms with E-state index in [4.69, 9.17) is 5.73 Å². The second-order valence-corrected chi connectivity index (χ2v) is 6.60. The topological polar surface area (TPSA) is 55.1 Å². The Morgan fingerprint density at radius 3 is 2.50 bits per heavy atom. The van der Waals surface area contributed by atoms with E-state index in [1.54, 1.807) is 0 Å². The fraction of sp³-hybridized carbons (Fsp3) is 0.562. The summed E-state index contributed by atoms with van der Waals surface area (Å²) in [7, 11) is 0. The highest BCUT2D eigenvalue weighted by atomic mass is 79.9. The Hall–Kier alpha value is -0.870. The van der Waals surface area contributed by atoms with Crippen molar-refractivity contribution < 1.29 is 4.79 Å². The Labute approximate surface area is 130 Å². The molecule has 0 aliphatic carbocycles. The quantitative estimate of drug-likeness (QED) is 0.796. The maximum atomic E-state index is 12.1. The summed E-state index contributed by atoms with van der Waals surface area (Å²) in [5.74, 6) is 0.905. The summed E-state index contributed by atoms with van der Waals surface area (Å²) >= 11 is 3.51. The molecule has 0 heterocycles. The molecule has 0 aromatic heterocycles. The van der Waals surface area contributed by atoms with Gasteiger partial charge in [0.2, 0.25) is 5.91 Å². The van der Waals surface area contributed by atoms with Crippen LogP contribution in [-0.2, 0) is 4.79 Å². The molecule has 0 radical (unpaired) electrons. The summed E-state index contributed by atoms with van der Waals surface area (Å²) in [4.78, 5) is 12.1. The van der Waals surface area contributed by atoms with Crippen LogP contribution in [-0.4, -0.2) is 12.5 Å². The molecule has 112 valence electrons. The molecule has 0 fully saturated rings. The summed E-state index contributed by atoms with van der Waals surface area (Å²) in [5, 5.41) is 3.05. The van der Waals surface area contributed by atoms with E-state index in [0.29, 0.717) is 18.9 Å². The molecule has 3 nitrogen and oxygen atoms in total. The van der Waals surface area contributed by atoms with Crippen LogP contribution >= 0.6 is 15.9 Å². The molecule has 3 N–H and O–H groups in total. The minimum absolute atomic E-state index is 0.00412. The molecule has 0 aliphatic rings. The molecule has 0 saturated heterocycles. The molecular weight excluding hydrogens is 316 g/mol. The normalized spacial score (nSPS) is 14.1. The second-order valence-electron chi connectivity index (χ2n) is 5.75. The fourth-order valence-corrected chi connectivity index (χ4v) is 3.02. The van der Waals surface area contributed by atoms with E-state index in [2.05, 4.69) is 35.1 Å². The van der Waals surface area contributed by atoms with E-state index in [1.807, 2.05) is 31.2 Å². The lowest BCUT2D eigenvalue weighted by molar-refractivity contribution is -0.122. The lowest BCUT2D eigenvalue weighted by Gasteiger charge is -2.20. The van der Waals surface area contributed by atoms with Crippen LogP contribution in [0.1, 0.15) is 45.2 Å². The zero-order valence-electron chi connectivity index (χ0n) is 12.5. The van der Waals surface area contributed by atoms with Crippen LogP contribution in [0.5, 0.6) is 0 Å². The van der Waals surface area contributed by atoms with Crippen LogP contribution in [0.15, 0.2) is 28.7 Å². The average Bonchev–Trinajstić information content (AvgIpc) is 2.37. The van der Waals surface area contributed by atoms with Gasteiger partial charge in [-0.25, -0.2) is 0 Å². The Kier molecular flexibility index (Phi) is 7.24. The number of amides is 1. The first-order valence-corrected chi connectivity index (χ1v) is 7.97. The molecule has 0 aliphatic heterocycles. The Morgan fingerprint density at radius 2 is 1.95 bits per heavy atom. The van der Waals surface area contributed by atoms with Crippen molar-refractivity contribution >= 4 is 21.8 Å². The van der Waals surface area contributed by atoms with Crippen molar-refractivity contribution in [1.82, 2.24) is 5.32 Å². The number of halogens is 1. The summed E-state index contributed by atoms with van der Waals surface area (Å²) in [5.41, 5.74) is 6.84. The van der Waals surface area contributed by atoms with Crippen LogP contribution in [0.4, 0.5) is 0 Å². The van der Waals surface area contributed by atoms with E-state index < -0.39 is 0 Å². The monoisotopic (exact) mass is 340 g/mol. The molecule has 1 aromatic rings. The first-order valence-electron chi connectivity index (χ1n) is 7.17. The van der Waals surface area contributed by atoms with Gasteiger partial charge >= 0.3 is 0 Å². The smallest absolute Gasteiger partial charge is 0.220 e. The first-order chi connectivity index (χ1) is 9.43. The third-order valence-electron chi connectivity index (χ3n) is 3.36. The number of nitrogens with one attached hydrogen (secondary N) is 1. The maximum Gasteiger partial charge on any atom is 0.220 e. The molecule has 1 rings (SSSR count). The molecule has 0 unspecified atom stereocenters. The van der Waals surface area contributed by atoms with E-state index in [-0.39, 0.29) is 17.9 Å². The van der Waals surface area contributed by atoms with Gasteiger partial charge in [0.15, 0.2) is 0 Å². The maximum absolute atomic E-state index is 12.1. The van der Waals surface area contributed by atoms with E-state index in [0.717, 1.165) is 16.5 Å². The molecular formula is C16H25BrN2O. The van der Waals surface area contributed by atoms with Gasteiger partial charge in [-0.05, 0) is 43.4 Å². The molecule has 2 atom stereocenters. The second kappa shape index (κ2) is 8.42. The van der Waals surface area contributed by atoms with Crippen LogP contribution in [0.3, 0.4) is 0 Å². The molecule has 0 spiro atoms. The minimum Gasteiger partial charge on any atom is -0.350 e. The number of hydrogen-bond donors (Lipinski definition) is 2. The predicted octanol–water partition coefficient (Wildman–Crippen LogP) is 3.64. The van der Waals surface area contributed by atoms with Crippen molar-refractivity contribution in [2.75, 3.05) is 6.54 Å². The van der Waals surface area contributed by atoms with Gasteiger partial charge in [0, 0.05) is 10.9 Å². The lowest BCUT2D eigenvalue weighted by atomic mass is 9.94. The number of benzene rings is 1. The van der Waals surface area contributed by atoms with Crippen molar-refractivity contribution in [1.29, 1.82) is 0 Å². The molecule has 1 amide bonds. The van der Waals surface area contributed by atoms with Gasteiger partial charge in [-0.2, -0.15) is 0 Å². The van der Waals surface area contributed by atoms with Crippen LogP contribution in [0.2, 0.25) is 0 Å². The molecule has 4 heteroatoms. The number of rotatable bonds is 7. The van der Waals surface area contributed by atoms with Gasteiger partial charge in [0.05, 0.1) is 6.04 Å². The van der Waals surface area contributed by atoms with Crippen molar-refractivity contribution in [3.05, 3.63) is 34.3 Å². The van der Waals surface area contributed by atoms with Gasteiger partial charge in [-0.1, -0.05) is 48.0 Å². The van der Waals surface area contributed by atoms with Crippen molar-refractivity contribution in [3.63, 3.8) is 0 Å². The van der Waals surface area contributed by atoms with Gasteiger partial charge in [-0.3, -0.25) is 4.79 Å². The fourth-order valence-electron chi connectivity index (χ4n) is 2.40. The zero-order chi connectivity index (χ0) is 15.1. The zero-order valence-corrected chi connectivity index (χ0v) is 14.1. The standard InChI is InChI=1S/C16H25BrN2O/c1-11(2)8-13(10-18)9-16(20)19-12(3)14-6-4-5-7-15(14)17/h4-7,11-13H,8-10,18H2,1-3H3,(H,19,20)/t12-,13+/m1/s1. The Balaban J connectivity index is 2.55. The van der Waals surface area contributed by atoms with Crippen LogP contribution in [0, 0.1) is 11.8 Å². The number of carbonyl (C=O) groups is 1. The molecule has 0 saturated carbocycles. The number of carbonyl (C=O) groups excluding carboxylic acids is 1.